The molecule has 0 fully saturated rings. The molecule has 0 unspecified atom stereocenters. The second-order valence-electron chi connectivity index (χ2n) is 7.42. The van der Waals surface area contributed by atoms with Gasteiger partial charge < -0.3 is 15.0 Å². The number of para-hydroxylation sites is 1. The lowest BCUT2D eigenvalue weighted by atomic mass is 10.1. The predicted octanol–water partition coefficient (Wildman–Crippen LogP) is 3.35. The van der Waals surface area contributed by atoms with E-state index < -0.39 is 10.0 Å². The Bertz CT molecular complexity index is 947. The molecular formula is C22H33IN4O3S. The Morgan fingerprint density at radius 1 is 1.10 bits per heavy atom. The van der Waals surface area contributed by atoms with Gasteiger partial charge in [-0.05, 0) is 31.0 Å². The summed E-state index contributed by atoms with van der Waals surface area (Å²) in [6, 6.07) is 15.3. The molecule has 2 N–H and O–H groups in total. The third kappa shape index (κ3) is 9.04. The Kier molecular flexibility index (Phi) is 11.3. The van der Waals surface area contributed by atoms with Crippen LogP contribution >= 0.6 is 24.0 Å². The van der Waals surface area contributed by atoms with E-state index in [1.165, 1.54) is 0 Å². The summed E-state index contributed by atoms with van der Waals surface area (Å²) in [7, 11) is 2.06. The van der Waals surface area contributed by atoms with Crippen molar-refractivity contribution in [2.75, 3.05) is 21.2 Å². The first kappa shape index (κ1) is 27.2. The fourth-order valence-corrected chi connectivity index (χ4v) is 4.54. The average molecular weight is 561 g/mol. The largest absolute Gasteiger partial charge is 0.496 e. The van der Waals surface area contributed by atoms with Crippen LogP contribution in [0.25, 0.3) is 0 Å². The number of aliphatic imine (C=N–C) groups is 1. The maximum atomic E-state index is 12.1. The van der Waals surface area contributed by atoms with Crippen LogP contribution in [0.3, 0.4) is 0 Å². The summed E-state index contributed by atoms with van der Waals surface area (Å²) in [5, 5.41) is 3.34. The monoisotopic (exact) mass is 560 g/mol. The second kappa shape index (κ2) is 12.9. The van der Waals surface area contributed by atoms with Gasteiger partial charge in [-0.3, -0.25) is 4.99 Å². The SMILES string of the molecule is CN=C(NCc1ccc(CS(=O)(=O)NC(C)C)cc1)N(C)Cc1ccccc1OC.I. The molecule has 0 aliphatic carbocycles. The van der Waals surface area contributed by atoms with Gasteiger partial charge in [0.05, 0.1) is 12.9 Å². The van der Waals surface area contributed by atoms with Gasteiger partial charge in [0, 0.05) is 38.8 Å². The molecule has 0 radical (unpaired) electrons. The molecule has 0 aliphatic heterocycles. The summed E-state index contributed by atoms with van der Waals surface area (Å²) in [5.74, 6) is 1.58. The minimum atomic E-state index is -3.32. The van der Waals surface area contributed by atoms with Crippen molar-refractivity contribution in [2.45, 2.75) is 38.7 Å². The first-order valence-corrected chi connectivity index (χ1v) is 11.5. The molecule has 172 valence electrons. The topological polar surface area (TPSA) is 83.0 Å². The highest BCUT2D eigenvalue weighted by atomic mass is 127. The minimum Gasteiger partial charge on any atom is -0.496 e. The maximum Gasteiger partial charge on any atom is 0.216 e. The van der Waals surface area contributed by atoms with E-state index in [1.54, 1.807) is 14.2 Å². The highest BCUT2D eigenvalue weighted by Gasteiger charge is 2.13. The minimum absolute atomic E-state index is 0. The van der Waals surface area contributed by atoms with Crippen LogP contribution in [-0.2, 0) is 28.9 Å². The lowest BCUT2D eigenvalue weighted by Crippen LogP contribution is -2.38. The van der Waals surface area contributed by atoms with E-state index in [1.807, 2.05) is 74.3 Å². The second-order valence-corrected chi connectivity index (χ2v) is 9.17. The Morgan fingerprint density at radius 3 is 2.29 bits per heavy atom. The number of methoxy groups -OCH3 is 1. The number of rotatable bonds is 9. The fourth-order valence-electron chi connectivity index (χ4n) is 3.10. The van der Waals surface area contributed by atoms with Gasteiger partial charge in [0.2, 0.25) is 10.0 Å². The van der Waals surface area contributed by atoms with Crippen molar-refractivity contribution < 1.29 is 13.2 Å². The van der Waals surface area contributed by atoms with Crippen molar-refractivity contribution >= 4 is 40.0 Å². The van der Waals surface area contributed by atoms with Crippen molar-refractivity contribution in [3.63, 3.8) is 0 Å². The first-order valence-electron chi connectivity index (χ1n) is 9.85. The lowest BCUT2D eigenvalue weighted by Gasteiger charge is -2.23. The molecule has 2 rings (SSSR count). The molecule has 2 aromatic rings. The molecule has 0 amide bonds. The third-order valence-corrected chi connectivity index (χ3v) is 5.96. The van der Waals surface area contributed by atoms with Crippen LogP contribution < -0.4 is 14.8 Å². The van der Waals surface area contributed by atoms with Gasteiger partial charge in [-0.15, -0.1) is 24.0 Å². The Balaban J connectivity index is 0.00000480. The summed E-state index contributed by atoms with van der Waals surface area (Å²) in [6.45, 7) is 4.86. The van der Waals surface area contributed by atoms with Gasteiger partial charge in [-0.25, -0.2) is 13.1 Å². The van der Waals surface area contributed by atoms with Crippen LogP contribution in [0.15, 0.2) is 53.5 Å². The highest BCUT2D eigenvalue weighted by Crippen LogP contribution is 2.18. The maximum absolute atomic E-state index is 12.1. The zero-order chi connectivity index (χ0) is 22.1. The van der Waals surface area contributed by atoms with Crippen molar-refractivity contribution in [1.29, 1.82) is 0 Å². The van der Waals surface area contributed by atoms with Crippen LogP contribution in [-0.4, -0.2) is 46.5 Å². The molecule has 0 saturated heterocycles. The highest BCUT2D eigenvalue weighted by molar-refractivity contribution is 14.0. The van der Waals surface area contributed by atoms with Crippen LogP contribution in [0.4, 0.5) is 0 Å². The van der Waals surface area contributed by atoms with Crippen LogP contribution in [0.2, 0.25) is 0 Å². The molecule has 0 saturated carbocycles. The van der Waals surface area contributed by atoms with Crippen molar-refractivity contribution in [3.8, 4) is 5.75 Å². The van der Waals surface area contributed by atoms with E-state index in [2.05, 4.69) is 15.0 Å². The Morgan fingerprint density at radius 2 is 1.71 bits per heavy atom. The van der Waals surface area contributed by atoms with E-state index in [0.29, 0.717) is 13.1 Å². The van der Waals surface area contributed by atoms with Crippen LogP contribution in [0, 0.1) is 0 Å². The normalized spacial score (nSPS) is 11.7. The number of halogens is 1. The lowest BCUT2D eigenvalue weighted by molar-refractivity contribution is 0.396. The average Bonchev–Trinajstić information content (AvgIpc) is 2.68. The summed E-state index contributed by atoms with van der Waals surface area (Å²) < 4.78 is 32.2. The van der Waals surface area contributed by atoms with Gasteiger partial charge in [-0.2, -0.15) is 0 Å². The molecule has 0 aliphatic rings. The standard InChI is InChI=1S/C22H32N4O3S.HI/c1-17(2)25-30(27,28)16-19-12-10-18(11-13-19)14-24-22(23-3)26(4)15-20-8-6-7-9-21(20)29-5;/h6-13,17,25H,14-16H2,1-5H3,(H,23,24);1H. The number of guanidine groups is 1. The summed E-state index contributed by atoms with van der Waals surface area (Å²) in [6.07, 6.45) is 0. The van der Waals surface area contributed by atoms with Gasteiger partial charge in [-0.1, -0.05) is 42.5 Å². The van der Waals surface area contributed by atoms with Gasteiger partial charge >= 0.3 is 0 Å². The van der Waals surface area contributed by atoms with E-state index in [-0.39, 0.29) is 35.8 Å². The fraction of sp³-hybridized carbons (Fsp3) is 0.409. The van der Waals surface area contributed by atoms with Gasteiger partial charge in [0.1, 0.15) is 5.75 Å². The molecule has 0 bridgehead atoms. The zero-order valence-corrected chi connectivity index (χ0v) is 21.9. The van der Waals surface area contributed by atoms with E-state index >= 15 is 0 Å². The molecule has 0 atom stereocenters. The number of nitrogens with zero attached hydrogens (tertiary/aromatic N) is 2. The summed E-state index contributed by atoms with van der Waals surface area (Å²) in [4.78, 5) is 6.38. The molecule has 0 heterocycles. The molecule has 9 heteroatoms. The molecule has 0 spiro atoms. The van der Waals surface area contributed by atoms with Crippen molar-refractivity contribution in [1.82, 2.24) is 14.9 Å². The molecule has 7 nitrogen and oxygen atoms in total. The van der Waals surface area contributed by atoms with Gasteiger partial charge in [0.15, 0.2) is 5.96 Å². The number of hydrogen-bond donors (Lipinski definition) is 2. The molecular weight excluding hydrogens is 527 g/mol. The number of ether oxygens (including phenoxy) is 1. The molecule has 0 aromatic heterocycles. The number of sulfonamides is 1. The molecule has 31 heavy (non-hydrogen) atoms. The van der Waals surface area contributed by atoms with Crippen molar-refractivity contribution in [2.24, 2.45) is 4.99 Å². The number of benzene rings is 2. The third-order valence-electron chi connectivity index (χ3n) is 4.42. The predicted molar refractivity (Wildman–Crippen MR) is 137 cm³/mol. The number of hydrogen-bond acceptors (Lipinski definition) is 4. The summed E-state index contributed by atoms with van der Waals surface area (Å²) >= 11 is 0. The first-order chi connectivity index (χ1) is 14.2. The van der Waals surface area contributed by atoms with E-state index in [9.17, 15) is 8.42 Å². The Hall–Kier alpha value is -1.85. The van der Waals surface area contributed by atoms with Crippen molar-refractivity contribution in [3.05, 3.63) is 65.2 Å². The smallest absolute Gasteiger partial charge is 0.216 e. The molecule has 2 aromatic carbocycles. The van der Waals surface area contributed by atoms with E-state index in [4.69, 9.17) is 4.74 Å². The number of nitrogens with one attached hydrogen (secondary N) is 2. The van der Waals surface area contributed by atoms with Crippen LogP contribution in [0.1, 0.15) is 30.5 Å². The Labute approximate surface area is 203 Å². The van der Waals surface area contributed by atoms with Crippen LogP contribution in [0.5, 0.6) is 5.75 Å². The van der Waals surface area contributed by atoms with Gasteiger partial charge in [0.25, 0.3) is 0 Å². The quantitative estimate of drug-likeness (QED) is 0.279. The summed E-state index contributed by atoms with van der Waals surface area (Å²) in [5.41, 5.74) is 2.87. The van der Waals surface area contributed by atoms with E-state index in [0.717, 1.165) is 28.4 Å². The zero-order valence-electron chi connectivity index (χ0n) is 18.8.